The molecule has 0 bridgehead atoms. The fourth-order valence-electron chi connectivity index (χ4n) is 2.13. The second kappa shape index (κ2) is 8.75. The quantitative estimate of drug-likeness (QED) is 0.529. The fourth-order valence-corrected chi connectivity index (χ4v) is 5.01. The van der Waals surface area contributed by atoms with E-state index in [4.69, 9.17) is 11.5 Å². The molecule has 0 fully saturated rings. The summed E-state index contributed by atoms with van der Waals surface area (Å²) in [6.45, 7) is 3.78. The van der Waals surface area contributed by atoms with Gasteiger partial charge in [0.2, 0.25) is 5.91 Å². The highest BCUT2D eigenvalue weighted by atomic mass is 32.2. The summed E-state index contributed by atoms with van der Waals surface area (Å²) in [7, 11) is -3.67. The molecular formula is C13H26N2O4S2. The van der Waals surface area contributed by atoms with Crippen LogP contribution in [-0.4, -0.2) is 48.7 Å². The Labute approximate surface area is 131 Å². The van der Waals surface area contributed by atoms with Crippen LogP contribution in [-0.2, 0) is 19.4 Å². The zero-order valence-electron chi connectivity index (χ0n) is 12.9. The number of ketones is 1. The number of primary amides is 1. The second-order valence-corrected chi connectivity index (χ2v) is 8.35. The summed E-state index contributed by atoms with van der Waals surface area (Å²) >= 11 is 1.18. The van der Waals surface area contributed by atoms with Gasteiger partial charge in [-0.1, -0.05) is 26.7 Å². The maximum atomic E-state index is 12.5. The molecule has 0 unspecified atom stereocenters. The number of carbonyl (C=O) groups excluding carboxylic acids is 2. The van der Waals surface area contributed by atoms with Gasteiger partial charge in [-0.05, 0) is 19.1 Å². The molecule has 0 saturated heterocycles. The summed E-state index contributed by atoms with van der Waals surface area (Å²) in [5.74, 6) is -2.48. The van der Waals surface area contributed by atoms with Gasteiger partial charge in [-0.3, -0.25) is 9.59 Å². The summed E-state index contributed by atoms with van der Waals surface area (Å²) < 4.78 is 25.0. The van der Waals surface area contributed by atoms with Crippen LogP contribution < -0.4 is 11.5 Å². The first-order valence-electron chi connectivity index (χ1n) is 6.98. The Morgan fingerprint density at radius 3 is 2.00 bits per heavy atom. The van der Waals surface area contributed by atoms with E-state index in [-0.39, 0.29) is 5.75 Å². The lowest BCUT2D eigenvalue weighted by Crippen LogP contribution is -2.63. The average molecular weight is 338 g/mol. The molecule has 4 N–H and O–H groups in total. The van der Waals surface area contributed by atoms with Crippen molar-refractivity contribution < 1.29 is 18.0 Å². The zero-order chi connectivity index (χ0) is 16.7. The highest BCUT2D eigenvalue weighted by molar-refractivity contribution is 7.99. The van der Waals surface area contributed by atoms with Crippen LogP contribution in [0.4, 0.5) is 0 Å². The number of Topliss-reactive ketones (excluding diaryl/α,β-unsaturated/α-hetero) is 1. The number of amides is 1. The number of thioether (sulfide) groups is 1. The zero-order valence-corrected chi connectivity index (χ0v) is 14.6. The summed E-state index contributed by atoms with van der Waals surface area (Å²) in [6, 6.07) is 0. The van der Waals surface area contributed by atoms with E-state index in [1.54, 1.807) is 6.26 Å². The predicted octanol–water partition coefficient (Wildman–Crippen LogP) is 0.485. The third kappa shape index (κ3) is 5.60. The molecule has 21 heavy (non-hydrogen) atoms. The van der Waals surface area contributed by atoms with Crippen LogP contribution in [0.3, 0.4) is 0 Å². The van der Waals surface area contributed by atoms with Crippen LogP contribution in [0.15, 0.2) is 0 Å². The van der Waals surface area contributed by atoms with Crippen molar-refractivity contribution in [1.29, 1.82) is 0 Å². The van der Waals surface area contributed by atoms with Gasteiger partial charge in [0.25, 0.3) is 0 Å². The Hall–Kier alpha value is -0.600. The maximum Gasteiger partial charge on any atom is 0.246 e. The number of sulfone groups is 1. The SMILES string of the molecule is CCCC(CCC)S(=O)(=O)C[C@](N)(C(N)=O)C(=O)CSC. The second-order valence-electron chi connectivity index (χ2n) is 5.20. The number of rotatable bonds is 11. The number of carbonyl (C=O) groups is 2. The van der Waals surface area contributed by atoms with Crippen molar-refractivity contribution in [3.8, 4) is 0 Å². The van der Waals surface area contributed by atoms with Crippen LogP contribution in [0.25, 0.3) is 0 Å². The average Bonchev–Trinajstić information content (AvgIpc) is 2.37. The third-order valence-corrected chi connectivity index (χ3v) is 6.27. The fraction of sp³-hybridized carbons (Fsp3) is 0.846. The molecule has 0 saturated carbocycles. The lowest BCUT2D eigenvalue weighted by Gasteiger charge is -2.26. The van der Waals surface area contributed by atoms with Gasteiger partial charge in [0.05, 0.1) is 16.8 Å². The van der Waals surface area contributed by atoms with Gasteiger partial charge in [0.15, 0.2) is 21.2 Å². The third-order valence-electron chi connectivity index (χ3n) is 3.37. The molecule has 0 rings (SSSR count). The number of hydrogen-bond acceptors (Lipinski definition) is 6. The highest BCUT2D eigenvalue weighted by Gasteiger charge is 2.45. The van der Waals surface area contributed by atoms with Gasteiger partial charge in [0, 0.05) is 0 Å². The van der Waals surface area contributed by atoms with Crippen molar-refractivity contribution in [2.24, 2.45) is 11.5 Å². The van der Waals surface area contributed by atoms with E-state index in [0.717, 1.165) is 0 Å². The maximum absolute atomic E-state index is 12.5. The van der Waals surface area contributed by atoms with Crippen molar-refractivity contribution in [2.75, 3.05) is 17.8 Å². The molecule has 124 valence electrons. The number of hydrogen-bond donors (Lipinski definition) is 2. The summed E-state index contributed by atoms with van der Waals surface area (Å²) in [5, 5.41) is -0.586. The normalized spacial score (nSPS) is 14.9. The Balaban J connectivity index is 5.40. The topological polar surface area (TPSA) is 120 Å². The molecule has 0 aliphatic rings. The van der Waals surface area contributed by atoms with Gasteiger partial charge in [-0.25, -0.2) is 8.42 Å². The van der Waals surface area contributed by atoms with E-state index in [0.29, 0.717) is 25.7 Å². The molecule has 0 spiro atoms. The van der Waals surface area contributed by atoms with E-state index in [2.05, 4.69) is 0 Å². The molecule has 0 radical (unpaired) electrons. The van der Waals surface area contributed by atoms with Gasteiger partial charge in [-0.15, -0.1) is 0 Å². The van der Waals surface area contributed by atoms with Gasteiger partial charge in [-0.2, -0.15) is 11.8 Å². The minimum absolute atomic E-state index is 0.0405. The Kier molecular flexibility index (Phi) is 8.50. The van der Waals surface area contributed by atoms with E-state index < -0.39 is 38.1 Å². The van der Waals surface area contributed by atoms with Crippen molar-refractivity contribution in [3.63, 3.8) is 0 Å². The minimum atomic E-state index is -3.67. The smallest absolute Gasteiger partial charge is 0.246 e. The molecular weight excluding hydrogens is 312 g/mol. The van der Waals surface area contributed by atoms with E-state index >= 15 is 0 Å². The van der Waals surface area contributed by atoms with Crippen molar-refractivity contribution in [2.45, 2.75) is 50.3 Å². The lowest BCUT2D eigenvalue weighted by atomic mass is 9.98. The molecule has 0 aliphatic heterocycles. The lowest BCUT2D eigenvalue weighted by molar-refractivity contribution is -0.131. The van der Waals surface area contributed by atoms with Gasteiger partial charge in [0.1, 0.15) is 0 Å². The van der Waals surface area contributed by atoms with Crippen LogP contribution in [0.5, 0.6) is 0 Å². The van der Waals surface area contributed by atoms with E-state index in [1.807, 2.05) is 13.8 Å². The largest absolute Gasteiger partial charge is 0.368 e. The first kappa shape index (κ1) is 20.4. The Morgan fingerprint density at radius 2 is 1.67 bits per heavy atom. The van der Waals surface area contributed by atoms with Gasteiger partial charge >= 0.3 is 0 Å². The van der Waals surface area contributed by atoms with Gasteiger partial charge < -0.3 is 11.5 Å². The molecule has 8 heteroatoms. The molecule has 0 aromatic carbocycles. The first-order chi connectivity index (χ1) is 9.65. The molecule has 0 aromatic heterocycles. The molecule has 1 atom stereocenters. The Morgan fingerprint density at radius 1 is 1.19 bits per heavy atom. The molecule has 0 aromatic rings. The summed E-state index contributed by atoms with van der Waals surface area (Å²) in [5.41, 5.74) is 8.83. The predicted molar refractivity (Wildman–Crippen MR) is 86.9 cm³/mol. The van der Waals surface area contributed by atoms with Crippen molar-refractivity contribution in [3.05, 3.63) is 0 Å². The summed E-state index contributed by atoms with van der Waals surface area (Å²) in [6.07, 6.45) is 4.06. The first-order valence-corrected chi connectivity index (χ1v) is 10.1. The minimum Gasteiger partial charge on any atom is -0.368 e. The van der Waals surface area contributed by atoms with Crippen LogP contribution >= 0.6 is 11.8 Å². The van der Waals surface area contributed by atoms with Crippen LogP contribution in [0.2, 0.25) is 0 Å². The monoisotopic (exact) mass is 338 g/mol. The van der Waals surface area contributed by atoms with E-state index in [1.165, 1.54) is 11.8 Å². The number of nitrogens with two attached hydrogens (primary N) is 2. The molecule has 6 nitrogen and oxygen atoms in total. The Bertz CT molecular complexity index is 459. The molecule has 1 amide bonds. The van der Waals surface area contributed by atoms with Crippen LogP contribution in [0.1, 0.15) is 39.5 Å². The van der Waals surface area contributed by atoms with Crippen LogP contribution in [0, 0.1) is 0 Å². The highest BCUT2D eigenvalue weighted by Crippen LogP contribution is 2.20. The summed E-state index contributed by atoms with van der Waals surface area (Å²) in [4.78, 5) is 23.6. The molecule has 0 heterocycles. The van der Waals surface area contributed by atoms with Crippen molar-refractivity contribution >= 4 is 33.3 Å². The van der Waals surface area contributed by atoms with Crippen molar-refractivity contribution in [1.82, 2.24) is 0 Å². The molecule has 0 aliphatic carbocycles. The van der Waals surface area contributed by atoms with E-state index in [9.17, 15) is 18.0 Å². The standard InChI is InChI=1S/C13H26N2O4S2/c1-4-6-10(7-5-2)21(18,19)9-13(15,12(14)17)11(16)8-20-3/h10H,4-9,15H2,1-3H3,(H2,14,17)/t13-/m1/s1.